The molecular weight excluding hydrogens is 693 g/mol. The van der Waals surface area contributed by atoms with Crippen LogP contribution in [0.4, 0.5) is 9.93 Å². The number of nitrogens with zero attached hydrogens (tertiary/aromatic N) is 4. The van der Waals surface area contributed by atoms with Crippen LogP contribution in [0.3, 0.4) is 0 Å². The number of amides is 3. The molecule has 1 fully saturated rings. The number of thiazole rings is 1. The SMILES string of the molecule is CO/N=C(\C(=O)NC1C(=O)N2C(C(=O)O)=C(COC(=O)N(C)C)CS[C@@H]12)c1csc(NC(c2ccccc2)(c2ccccc2)c2ccccc2)n1. The summed E-state index contributed by atoms with van der Waals surface area (Å²) in [6.45, 7) is -0.288. The van der Waals surface area contributed by atoms with Gasteiger partial charge in [0.1, 0.15) is 42.1 Å². The molecule has 1 saturated heterocycles. The van der Waals surface area contributed by atoms with Gasteiger partial charge in [-0.1, -0.05) is 96.2 Å². The van der Waals surface area contributed by atoms with Crippen LogP contribution in [-0.2, 0) is 29.5 Å². The van der Waals surface area contributed by atoms with Gasteiger partial charge < -0.3 is 30.2 Å². The zero-order valence-corrected chi connectivity index (χ0v) is 29.4. The molecule has 2 aliphatic rings. The third-order valence-corrected chi connectivity index (χ3v) is 10.4. The Hall–Kier alpha value is -5.67. The second-order valence-corrected chi connectivity index (χ2v) is 13.7. The molecule has 6 rings (SSSR count). The molecule has 3 amide bonds. The van der Waals surface area contributed by atoms with E-state index in [1.807, 2.05) is 91.0 Å². The van der Waals surface area contributed by atoms with Crippen LogP contribution in [0.15, 0.2) is 113 Å². The van der Waals surface area contributed by atoms with Crippen molar-refractivity contribution < 1.29 is 33.9 Å². The van der Waals surface area contributed by atoms with E-state index in [0.717, 1.165) is 21.6 Å². The van der Waals surface area contributed by atoms with Crippen LogP contribution < -0.4 is 10.6 Å². The molecule has 0 aliphatic carbocycles. The maximum absolute atomic E-state index is 13.7. The number of carbonyl (C=O) groups is 4. The van der Waals surface area contributed by atoms with Gasteiger partial charge >= 0.3 is 12.1 Å². The zero-order valence-electron chi connectivity index (χ0n) is 27.8. The maximum atomic E-state index is 13.7. The molecule has 15 heteroatoms. The number of β-lactam (4-membered cyclic amide) rings is 1. The molecule has 13 nitrogen and oxygen atoms in total. The lowest BCUT2D eigenvalue weighted by Gasteiger charge is -2.49. The van der Waals surface area contributed by atoms with E-state index >= 15 is 0 Å². The highest BCUT2D eigenvalue weighted by atomic mass is 32.2. The van der Waals surface area contributed by atoms with Gasteiger partial charge in [0.15, 0.2) is 10.8 Å². The topological polar surface area (TPSA) is 163 Å². The van der Waals surface area contributed by atoms with Crippen LogP contribution in [0, 0.1) is 0 Å². The minimum Gasteiger partial charge on any atom is -0.477 e. The molecule has 0 spiro atoms. The molecule has 0 saturated carbocycles. The summed E-state index contributed by atoms with van der Waals surface area (Å²) in [6, 6.07) is 28.9. The minimum absolute atomic E-state index is 0.163. The first-order valence-corrected chi connectivity index (χ1v) is 17.6. The van der Waals surface area contributed by atoms with E-state index in [4.69, 9.17) is 14.6 Å². The quantitative estimate of drug-likeness (QED) is 0.0829. The number of hydrogen-bond acceptors (Lipinski definition) is 11. The van der Waals surface area contributed by atoms with E-state index in [0.29, 0.717) is 5.13 Å². The lowest BCUT2D eigenvalue weighted by Crippen LogP contribution is -2.71. The third kappa shape index (κ3) is 6.90. The Labute approximate surface area is 301 Å². The Morgan fingerprint density at radius 2 is 1.55 bits per heavy atom. The number of ether oxygens (including phenoxy) is 1. The van der Waals surface area contributed by atoms with Crippen molar-refractivity contribution in [3.05, 3.63) is 130 Å². The number of rotatable bonds is 12. The van der Waals surface area contributed by atoms with Gasteiger partial charge in [0, 0.05) is 30.8 Å². The van der Waals surface area contributed by atoms with E-state index in [1.165, 1.54) is 49.2 Å². The first-order valence-electron chi connectivity index (χ1n) is 15.7. The van der Waals surface area contributed by atoms with Gasteiger partial charge in [0.05, 0.1) is 0 Å². The summed E-state index contributed by atoms with van der Waals surface area (Å²) >= 11 is 2.52. The fraction of sp³-hybridized carbons (Fsp3) is 0.222. The molecule has 1 aromatic heterocycles. The van der Waals surface area contributed by atoms with Gasteiger partial charge in [-0.05, 0) is 16.7 Å². The molecular formula is C36H34N6O7S2. The van der Waals surface area contributed by atoms with Gasteiger partial charge in [-0.3, -0.25) is 14.5 Å². The molecule has 51 heavy (non-hydrogen) atoms. The predicted octanol–water partition coefficient (Wildman–Crippen LogP) is 4.33. The minimum atomic E-state index is -1.34. The second-order valence-electron chi connectivity index (χ2n) is 11.7. The summed E-state index contributed by atoms with van der Waals surface area (Å²) in [5, 5.41) is 21.7. The van der Waals surface area contributed by atoms with Crippen molar-refractivity contribution >= 4 is 57.8 Å². The molecule has 2 aliphatic heterocycles. The molecule has 0 radical (unpaired) electrons. The summed E-state index contributed by atoms with van der Waals surface area (Å²) in [4.78, 5) is 63.2. The van der Waals surface area contributed by atoms with Crippen LogP contribution in [0.5, 0.6) is 0 Å². The summed E-state index contributed by atoms with van der Waals surface area (Å²) < 4.78 is 5.18. The number of oxime groups is 1. The van der Waals surface area contributed by atoms with Crippen molar-refractivity contribution in [3.8, 4) is 0 Å². The first kappa shape index (κ1) is 35.2. The lowest BCUT2D eigenvalue weighted by molar-refractivity contribution is -0.150. The normalized spacial score (nSPS) is 17.2. The number of benzene rings is 3. The zero-order chi connectivity index (χ0) is 36.1. The summed E-state index contributed by atoms with van der Waals surface area (Å²) in [5.74, 6) is -2.50. The second kappa shape index (κ2) is 15.1. The molecule has 3 N–H and O–H groups in total. The molecule has 4 aromatic rings. The number of carbonyl (C=O) groups excluding carboxylic acids is 3. The Morgan fingerprint density at radius 1 is 0.980 bits per heavy atom. The van der Waals surface area contributed by atoms with E-state index in [-0.39, 0.29) is 35.0 Å². The van der Waals surface area contributed by atoms with E-state index in [2.05, 4.69) is 15.8 Å². The van der Waals surface area contributed by atoms with Gasteiger partial charge in [-0.15, -0.1) is 23.1 Å². The van der Waals surface area contributed by atoms with Crippen LogP contribution in [0.2, 0.25) is 0 Å². The molecule has 0 bridgehead atoms. The highest BCUT2D eigenvalue weighted by molar-refractivity contribution is 8.00. The number of aromatic nitrogens is 1. The first-order chi connectivity index (χ1) is 24.6. The number of aliphatic carboxylic acids is 1. The summed E-state index contributed by atoms with van der Waals surface area (Å²) in [7, 11) is 4.31. The van der Waals surface area contributed by atoms with Crippen LogP contribution >= 0.6 is 23.1 Å². The van der Waals surface area contributed by atoms with E-state index < -0.39 is 40.8 Å². The number of anilines is 1. The average Bonchev–Trinajstić information content (AvgIpc) is 3.62. The van der Waals surface area contributed by atoms with Gasteiger partial charge in [0.25, 0.3) is 11.8 Å². The molecule has 2 atom stereocenters. The fourth-order valence-electron chi connectivity index (χ4n) is 5.96. The number of thioether (sulfide) groups is 1. The van der Waals surface area contributed by atoms with Crippen molar-refractivity contribution in [2.24, 2.45) is 5.16 Å². The Kier molecular flexibility index (Phi) is 10.4. The monoisotopic (exact) mass is 726 g/mol. The van der Waals surface area contributed by atoms with Gasteiger partial charge in [0.2, 0.25) is 0 Å². The average molecular weight is 727 g/mol. The fourth-order valence-corrected chi connectivity index (χ4v) is 8.04. The van der Waals surface area contributed by atoms with Crippen LogP contribution in [0.25, 0.3) is 0 Å². The molecule has 1 unspecified atom stereocenters. The van der Waals surface area contributed by atoms with Crippen molar-refractivity contribution in [2.75, 3.05) is 38.9 Å². The van der Waals surface area contributed by atoms with Crippen LogP contribution in [-0.4, -0.2) is 94.5 Å². The van der Waals surface area contributed by atoms with Crippen molar-refractivity contribution in [1.29, 1.82) is 0 Å². The van der Waals surface area contributed by atoms with Crippen molar-refractivity contribution in [1.82, 2.24) is 20.1 Å². The number of fused-ring (bicyclic) bond motifs is 1. The van der Waals surface area contributed by atoms with Crippen molar-refractivity contribution in [2.45, 2.75) is 17.0 Å². The number of hydrogen-bond donors (Lipinski definition) is 3. The van der Waals surface area contributed by atoms with E-state index in [1.54, 1.807) is 5.38 Å². The van der Waals surface area contributed by atoms with Gasteiger partial charge in [-0.2, -0.15) is 0 Å². The predicted molar refractivity (Wildman–Crippen MR) is 193 cm³/mol. The smallest absolute Gasteiger partial charge is 0.409 e. The summed E-state index contributed by atoms with van der Waals surface area (Å²) in [6.07, 6.45) is -0.643. The van der Waals surface area contributed by atoms with Crippen molar-refractivity contribution in [3.63, 3.8) is 0 Å². The Balaban J connectivity index is 1.25. The number of carboxylic acids is 1. The van der Waals surface area contributed by atoms with Gasteiger partial charge in [-0.25, -0.2) is 14.6 Å². The largest absolute Gasteiger partial charge is 0.477 e. The maximum Gasteiger partial charge on any atom is 0.409 e. The van der Waals surface area contributed by atoms with E-state index in [9.17, 15) is 24.3 Å². The molecule has 3 aromatic carbocycles. The lowest BCUT2D eigenvalue weighted by atomic mass is 9.77. The molecule has 3 heterocycles. The highest BCUT2D eigenvalue weighted by Crippen LogP contribution is 2.42. The molecule has 262 valence electrons. The number of nitrogens with one attached hydrogen (secondary N) is 2. The Bertz CT molecular complexity index is 1890. The van der Waals surface area contributed by atoms with Crippen LogP contribution in [0.1, 0.15) is 22.4 Å². The number of carboxylic acid groups (broad SMARTS) is 1. The standard InChI is InChI=1S/C36H34N6O7S2/c1-41(2)35(47)49-19-22-20-50-32-28(31(44)42(32)29(22)33(45)46)38-30(43)27(40-48-3)26-21-51-34(37-26)39-36(23-13-7-4-8-14-23,24-15-9-5-10-16-24)25-17-11-6-12-18-25/h4-18,21,28,32H,19-20H2,1-3H3,(H,37,39)(H,38,43)(H,45,46)/b40-27-/t28?,32-/m0/s1. The summed E-state index contributed by atoms with van der Waals surface area (Å²) in [5.41, 5.74) is 2.10. The Morgan fingerprint density at radius 3 is 2.06 bits per heavy atom. The third-order valence-electron chi connectivity index (χ3n) is 8.33. The highest BCUT2D eigenvalue weighted by Gasteiger charge is 2.54.